The van der Waals surface area contributed by atoms with E-state index in [4.69, 9.17) is 24.2 Å². The lowest BCUT2D eigenvalue weighted by Crippen LogP contribution is -2.26. The predicted molar refractivity (Wildman–Crippen MR) is 254 cm³/mol. The summed E-state index contributed by atoms with van der Waals surface area (Å²) in [5, 5.41) is 7.40. The van der Waals surface area contributed by atoms with Gasteiger partial charge in [0.05, 0.1) is 61.4 Å². The summed E-state index contributed by atoms with van der Waals surface area (Å²) in [6.07, 6.45) is 6.14. The minimum absolute atomic E-state index is 0.221. The number of hydrogen-bond donors (Lipinski definition) is 2. The SMILES string of the molecule is CC(C)NCCCC(OC(CCCNC(C)C)c1c(Cc2ccccc2)nc(Cc2ccccc2)c2c1COC2)c1c(Cc2ccccc2)nc(Cc2ccccc2)c2c1COC2. The second-order valence-electron chi connectivity index (χ2n) is 18.0. The molecule has 2 aromatic heterocycles. The van der Waals surface area contributed by atoms with E-state index in [0.29, 0.717) is 38.5 Å². The zero-order valence-corrected chi connectivity index (χ0v) is 37.9. The normalized spacial score (nSPS) is 14.3. The lowest BCUT2D eigenvalue weighted by Gasteiger charge is -2.31. The Morgan fingerprint density at radius 1 is 0.444 bits per heavy atom. The zero-order chi connectivity index (χ0) is 43.4. The fourth-order valence-electron chi connectivity index (χ4n) is 9.38. The second kappa shape index (κ2) is 22.1. The molecule has 7 heteroatoms. The molecule has 0 bridgehead atoms. The maximum absolute atomic E-state index is 7.91. The van der Waals surface area contributed by atoms with Gasteiger partial charge in [0.1, 0.15) is 0 Å². The van der Waals surface area contributed by atoms with Gasteiger partial charge in [-0.15, -0.1) is 0 Å². The van der Waals surface area contributed by atoms with Gasteiger partial charge < -0.3 is 24.8 Å². The van der Waals surface area contributed by atoms with Crippen LogP contribution in [-0.4, -0.2) is 35.1 Å². The summed E-state index contributed by atoms with van der Waals surface area (Å²) in [4.78, 5) is 11.3. The van der Waals surface area contributed by atoms with Gasteiger partial charge >= 0.3 is 0 Å². The van der Waals surface area contributed by atoms with Gasteiger partial charge in [0.15, 0.2) is 0 Å². The molecule has 63 heavy (non-hydrogen) atoms. The van der Waals surface area contributed by atoms with Crippen LogP contribution >= 0.6 is 0 Å². The Balaban J connectivity index is 1.27. The minimum Gasteiger partial charge on any atom is -0.372 e. The fourth-order valence-corrected chi connectivity index (χ4v) is 9.38. The highest BCUT2D eigenvalue weighted by Crippen LogP contribution is 2.43. The smallest absolute Gasteiger partial charge is 0.0855 e. The summed E-state index contributed by atoms with van der Waals surface area (Å²) < 4.78 is 20.7. The molecular weight excluding hydrogens is 777 g/mol. The van der Waals surface area contributed by atoms with E-state index in [-0.39, 0.29) is 12.2 Å². The molecule has 328 valence electrons. The van der Waals surface area contributed by atoms with E-state index < -0.39 is 0 Å². The standard InChI is InChI=1S/C56H66N4O3/c1-39(2)57-29-17-27-53(55-47-37-61-35-45(47)49(31-41-19-9-5-10-20-41)59-51(55)33-43-23-13-7-14-24-43)63-54(28-18-30-58-40(3)4)56-48-38-62-36-46(48)50(32-42-21-11-6-12-22-42)60-52(56)34-44-25-15-8-16-26-44/h5-16,19-26,39-40,53-54,57-58H,17-18,27-38H2,1-4H3. The molecule has 6 aromatic rings. The Morgan fingerprint density at radius 3 is 1.10 bits per heavy atom. The minimum atomic E-state index is -0.221. The van der Waals surface area contributed by atoms with Gasteiger partial charge in [-0.1, -0.05) is 149 Å². The van der Waals surface area contributed by atoms with Crippen molar-refractivity contribution in [1.29, 1.82) is 0 Å². The van der Waals surface area contributed by atoms with E-state index in [1.807, 2.05) is 0 Å². The molecule has 0 radical (unpaired) electrons. The van der Waals surface area contributed by atoms with Gasteiger partial charge in [-0.25, -0.2) is 0 Å². The molecule has 4 aromatic carbocycles. The number of nitrogens with one attached hydrogen (secondary N) is 2. The maximum Gasteiger partial charge on any atom is 0.0855 e. The van der Waals surface area contributed by atoms with Crippen LogP contribution < -0.4 is 10.6 Å². The predicted octanol–water partition coefficient (Wildman–Crippen LogP) is 11.3. The summed E-state index contributed by atoms with van der Waals surface area (Å²) in [7, 11) is 0. The number of ether oxygens (including phenoxy) is 3. The quantitative estimate of drug-likeness (QED) is 0.0659. The molecule has 2 atom stereocenters. The number of benzene rings is 4. The van der Waals surface area contributed by atoms with Gasteiger partial charge in [0.25, 0.3) is 0 Å². The fraction of sp³-hybridized carbons (Fsp3) is 0.393. The molecule has 8 rings (SSSR count). The number of rotatable bonds is 22. The highest BCUT2D eigenvalue weighted by molar-refractivity contribution is 5.48. The molecule has 0 saturated heterocycles. The van der Waals surface area contributed by atoms with Crippen LogP contribution in [0, 0.1) is 0 Å². The molecule has 0 saturated carbocycles. The summed E-state index contributed by atoms with van der Waals surface area (Å²) in [6, 6.07) is 43.9. The highest BCUT2D eigenvalue weighted by atomic mass is 16.5. The Bertz CT molecular complexity index is 2190. The molecule has 0 spiro atoms. The van der Waals surface area contributed by atoms with Crippen LogP contribution in [0.1, 0.15) is 144 Å². The summed E-state index contributed by atoms with van der Waals surface area (Å²) >= 11 is 0. The lowest BCUT2D eigenvalue weighted by molar-refractivity contribution is -0.0285. The number of aromatic nitrogens is 2. The lowest BCUT2D eigenvalue weighted by atomic mass is 9.88. The van der Waals surface area contributed by atoms with Crippen molar-refractivity contribution in [2.45, 2.75) is 130 Å². The Morgan fingerprint density at radius 2 is 0.762 bits per heavy atom. The van der Waals surface area contributed by atoms with Crippen molar-refractivity contribution in [2.75, 3.05) is 13.1 Å². The number of fused-ring (bicyclic) bond motifs is 2. The maximum atomic E-state index is 7.91. The second-order valence-corrected chi connectivity index (χ2v) is 18.0. The third kappa shape index (κ3) is 11.8. The van der Waals surface area contributed by atoms with Crippen LogP contribution in [0.25, 0.3) is 0 Å². The zero-order valence-electron chi connectivity index (χ0n) is 37.9. The van der Waals surface area contributed by atoms with Crippen molar-refractivity contribution < 1.29 is 14.2 Å². The summed E-state index contributed by atoms with van der Waals surface area (Å²) in [6.45, 7) is 12.9. The number of pyridine rings is 2. The topological polar surface area (TPSA) is 77.5 Å². The van der Waals surface area contributed by atoms with E-state index in [9.17, 15) is 0 Å². The average molecular weight is 843 g/mol. The first kappa shape index (κ1) is 44.6. The largest absolute Gasteiger partial charge is 0.372 e. The van der Waals surface area contributed by atoms with Gasteiger partial charge in [-0.05, 0) is 72.2 Å². The third-order valence-electron chi connectivity index (χ3n) is 12.4. The molecule has 0 fully saturated rings. The summed E-state index contributed by atoms with van der Waals surface area (Å²) in [5.74, 6) is 0. The van der Waals surface area contributed by atoms with E-state index in [0.717, 1.165) is 87.2 Å². The van der Waals surface area contributed by atoms with Crippen molar-refractivity contribution >= 4 is 0 Å². The average Bonchev–Trinajstić information content (AvgIpc) is 3.99. The van der Waals surface area contributed by atoms with Crippen LogP contribution in [0.3, 0.4) is 0 Å². The highest BCUT2D eigenvalue weighted by Gasteiger charge is 2.34. The Kier molecular flexibility index (Phi) is 15.6. The van der Waals surface area contributed by atoms with Crippen LogP contribution in [0.2, 0.25) is 0 Å². The number of nitrogens with zero attached hydrogens (tertiary/aromatic N) is 2. The Labute approximate surface area is 376 Å². The van der Waals surface area contributed by atoms with E-state index in [1.54, 1.807) is 0 Å². The van der Waals surface area contributed by atoms with Gasteiger partial charge in [-0.3, -0.25) is 9.97 Å². The van der Waals surface area contributed by atoms with Crippen molar-refractivity contribution in [2.24, 2.45) is 0 Å². The van der Waals surface area contributed by atoms with Crippen LogP contribution in [-0.2, 0) is 66.3 Å². The summed E-state index contributed by atoms with van der Waals surface area (Å²) in [5.41, 5.74) is 16.8. The van der Waals surface area contributed by atoms with E-state index in [2.05, 4.69) is 160 Å². The van der Waals surface area contributed by atoms with Crippen LogP contribution in [0.4, 0.5) is 0 Å². The molecule has 2 N–H and O–H groups in total. The molecule has 2 aliphatic heterocycles. The van der Waals surface area contributed by atoms with Gasteiger partial charge in [0.2, 0.25) is 0 Å². The molecule has 0 aliphatic carbocycles. The van der Waals surface area contributed by atoms with E-state index in [1.165, 1.54) is 55.6 Å². The van der Waals surface area contributed by atoms with Crippen molar-refractivity contribution in [3.05, 3.63) is 200 Å². The first-order valence-corrected chi connectivity index (χ1v) is 23.4. The monoisotopic (exact) mass is 843 g/mol. The van der Waals surface area contributed by atoms with Crippen molar-refractivity contribution in [3.8, 4) is 0 Å². The van der Waals surface area contributed by atoms with Crippen LogP contribution in [0.15, 0.2) is 121 Å². The first-order valence-electron chi connectivity index (χ1n) is 23.4. The van der Waals surface area contributed by atoms with Gasteiger partial charge in [0, 0.05) is 60.0 Å². The Hall–Kier alpha value is -5.02. The van der Waals surface area contributed by atoms with E-state index >= 15 is 0 Å². The molecule has 4 heterocycles. The van der Waals surface area contributed by atoms with Crippen LogP contribution in [0.5, 0.6) is 0 Å². The van der Waals surface area contributed by atoms with Crippen molar-refractivity contribution in [1.82, 2.24) is 20.6 Å². The molecular formula is C56H66N4O3. The van der Waals surface area contributed by atoms with Gasteiger partial charge in [-0.2, -0.15) is 0 Å². The first-order chi connectivity index (χ1) is 30.9. The van der Waals surface area contributed by atoms with Crippen molar-refractivity contribution in [3.63, 3.8) is 0 Å². The molecule has 0 amide bonds. The molecule has 2 aliphatic rings. The molecule has 2 unspecified atom stereocenters. The third-order valence-corrected chi connectivity index (χ3v) is 12.4. The molecule has 7 nitrogen and oxygen atoms in total. The number of hydrogen-bond acceptors (Lipinski definition) is 7.